The molecule has 0 bridgehead atoms. The minimum absolute atomic E-state index is 0.0236. The van der Waals surface area contributed by atoms with E-state index in [2.05, 4.69) is 0 Å². The van der Waals surface area contributed by atoms with E-state index in [1.54, 1.807) is 18.4 Å². The number of thioether (sulfide) groups is 2. The largest absolute Gasteiger partial charge is 0.289 e. The minimum atomic E-state index is -1.02. The third-order valence-corrected chi connectivity index (χ3v) is 5.20. The number of hydrogen-bond acceptors (Lipinski definition) is 4. The Balaban J connectivity index is 3.16. The molecule has 0 fully saturated rings. The molecule has 0 radical (unpaired) electrons. The molecule has 0 aliphatic rings. The van der Waals surface area contributed by atoms with Gasteiger partial charge in [-0.05, 0) is 12.5 Å². The quantitative estimate of drug-likeness (QED) is 0.597. The molecule has 0 saturated heterocycles. The van der Waals surface area contributed by atoms with Crippen LogP contribution in [0.1, 0.15) is 10.4 Å². The second kappa shape index (κ2) is 7.81. The molecular weight excluding hydrogens is 284 g/mol. The summed E-state index contributed by atoms with van der Waals surface area (Å²) in [5.41, 5.74) is 1.31. The van der Waals surface area contributed by atoms with Crippen LogP contribution in [0.3, 0.4) is 0 Å². The maximum Gasteiger partial charge on any atom is 0.191 e. The first-order valence-corrected chi connectivity index (χ1v) is 9.48. The van der Waals surface area contributed by atoms with Gasteiger partial charge in [0, 0.05) is 32.4 Å². The molecule has 0 aliphatic carbocycles. The Bertz CT molecular complexity index is 460. The maximum atomic E-state index is 12.4. The fraction of sp³-hybridized carbons (Fsp3) is 0.308. The monoisotopic (exact) mass is 300 g/mol. The SMILES string of the molecule is CSC(SC)=C(CS(C)=O)C(=O)c1ccccc1. The lowest BCUT2D eigenvalue weighted by Gasteiger charge is -2.10. The first-order valence-electron chi connectivity index (χ1n) is 5.31. The van der Waals surface area contributed by atoms with Crippen LogP contribution >= 0.6 is 23.5 Å². The van der Waals surface area contributed by atoms with Gasteiger partial charge in [0.25, 0.3) is 0 Å². The first kappa shape index (κ1) is 15.5. The molecule has 98 valence electrons. The zero-order chi connectivity index (χ0) is 13.5. The van der Waals surface area contributed by atoms with E-state index < -0.39 is 10.8 Å². The summed E-state index contributed by atoms with van der Waals surface area (Å²) in [5, 5.41) is 0. The summed E-state index contributed by atoms with van der Waals surface area (Å²) in [6, 6.07) is 9.14. The summed E-state index contributed by atoms with van der Waals surface area (Å²) in [6.45, 7) is 0. The normalized spacial score (nSPS) is 11.9. The number of hydrogen-bond donors (Lipinski definition) is 0. The fourth-order valence-corrected chi connectivity index (χ4v) is 3.87. The Kier molecular flexibility index (Phi) is 6.75. The van der Waals surface area contributed by atoms with Crippen molar-refractivity contribution in [2.45, 2.75) is 0 Å². The van der Waals surface area contributed by atoms with Crippen LogP contribution in [0, 0.1) is 0 Å². The van der Waals surface area contributed by atoms with Gasteiger partial charge < -0.3 is 0 Å². The molecule has 2 nitrogen and oxygen atoms in total. The third kappa shape index (κ3) is 4.30. The van der Waals surface area contributed by atoms with Crippen LogP contribution in [0.4, 0.5) is 0 Å². The highest BCUT2D eigenvalue weighted by molar-refractivity contribution is 8.21. The Morgan fingerprint density at radius 2 is 1.72 bits per heavy atom. The molecule has 5 heteroatoms. The van der Waals surface area contributed by atoms with Gasteiger partial charge in [-0.3, -0.25) is 9.00 Å². The van der Waals surface area contributed by atoms with Crippen molar-refractivity contribution in [2.75, 3.05) is 24.5 Å². The molecular formula is C13H16O2S3. The second-order valence-corrected chi connectivity index (χ2v) is 6.91. The van der Waals surface area contributed by atoms with Crippen molar-refractivity contribution in [2.24, 2.45) is 0 Å². The van der Waals surface area contributed by atoms with Gasteiger partial charge in [0.15, 0.2) is 5.78 Å². The summed E-state index contributed by atoms with van der Waals surface area (Å²) < 4.78 is 12.4. The lowest BCUT2D eigenvalue weighted by Crippen LogP contribution is -2.11. The molecule has 0 amide bonds. The third-order valence-electron chi connectivity index (χ3n) is 2.27. The highest BCUT2D eigenvalue weighted by atomic mass is 32.2. The van der Waals surface area contributed by atoms with Gasteiger partial charge in [-0.2, -0.15) is 0 Å². The van der Waals surface area contributed by atoms with Gasteiger partial charge in [0.1, 0.15) is 0 Å². The molecule has 0 spiro atoms. The van der Waals surface area contributed by atoms with Gasteiger partial charge in [0.2, 0.25) is 0 Å². The van der Waals surface area contributed by atoms with Crippen molar-refractivity contribution in [1.82, 2.24) is 0 Å². The maximum absolute atomic E-state index is 12.4. The van der Waals surface area contributed by atoms with Crippen LogP contribution < -0.4 is 0 Å². The Labute approximate surface area is 119 Å². The fourth-order valence-electron chi connectivity index (χ4n) is 1.51. The van der Waals surface area contributed by atoms with E-state index in [1.165, 1.54) is 23.5 Å². The highest BCUT2D eigenvalue weighted by Crippen LogP contribution is 2.29. The molecule has 1 unspecified atom stereocenters. The zero-order valence-electron chi connectivity index (χ0n) is 10.6. The lowest BCUT2D eigenvalue weighted by molar-refractivity contribution is 0.103. The van der Waals surface area contributed by atoms with Crippen molar-refractivity contribution in [3.63, 3.8) is 0 Å². The van der Waals surface area contributed by atoms with Gasteiger partial charge in [-0.1, -0.05) is 30.3 Å². The van der Waals surface area contributed by atoms with Crippen LogP contribution in [0.15, 0.2) is 40.1 Å². The molecule has 0 saturated carbocycles. The highest BCUT2D eigenvalue weighted by Gasteiger charge is 2.17. The standard InChI is InChI=1S/C13H16O2S3/c1-16-13(17-2)11(9-18(3)15)12(14)10-7-5-4-6-8-10/h4-8H,9H2,1-3H3. The van der Waals surface area contributed by atoms with Crippen LogP contribution in [0.2, 0.25) is 0 Å². The topological polar surface area (TPSA) is 34.1 Å². The molecule has 0 aliphatic heterocycles. The average Bonchev–Trinajstić information content (AvgIpc) is 2.38. The summed E-state index contributed by atoms with van der Waals surface area (Å²) in [7, 11) is -1.02. The van der Waals surface area contributed by atoms with E-state index in [-0.39, 0.29) is 5.78 Å². The van der Waals surface area contributed by atoms with E-state index in [0.717, 1.165) is 4.24 Å². The average molecular weight is 300 g/mol. The molecule has 1 aromatic carbocycles. The zero-order valence-corrected chi connectivity index (χ0v) is 13.1. The van der Waals surface area contributed by atoms with Crippen LogP contribution in [0.5, 0.6) is 0 Å². The Hall–Kier alpha value is -0.520. The molecule has 0 heterocycles. The number of carbonyl (C=O) groups excluding carboxylic acids is 1. The Morgan fingerprint density at radius 1 is 1.17 bits per heavy atom. The summed E-state index contributed by atoms with van der Waals surface area (Å²) >= 11 is 3.06. The van der Waals surface area contributed by atoms with Gasteiger partial charge in [-0.15, -0.1) is 23.5 Å². The van der Waals surface area contributed by atoms with E-state index in [1.807, 2.05) is 30.7 Å². The number of Topliss-reactive ketones (excluding diaryl/α,β-unsaturated/α-hetero) is 1. The minimum Gasteiger partial charge on any atom is -0.289 e. The number of carbonyl (C=O) groups is 1. The van der Waals surface area contributed by atoms with Crippen molar-refractivity contribution in [3.05, 3.63) is 45.7 Å². The Morgan fingerprint density at radius 3 is 2.17 bits per heavy atom. The molecule has 1 atom stereocenters. The molecule has 0 aromatic heterocycles. The second-order valence-electron chi connectivity index (χ2n) is 3.59. The number of benzene rings is 1. The van der Waals surface area contributed by atoms with E-state index >= 15 is 0 Å². The van der Waals surface area contributed by atoms with Crippen molar-refractivity contribution < 1.29 is 9.00 Å². The first-order chi connectivity index (χ1) is 8.60. The molecule has 18 heavy (non-hydrogen) atoms. The van der Waals surface area contributed by atoms with Crippen LogP contribution in [-0.2, 0) is 10.8 Å². The lowest BCUT2D eigenvalue weighted by atomic mass is 10.1. The van der Waals surface area contributed by atoms with Crippen LogP contribution in [-0.4, -0.2) is 34.5 Å². The van der Waals surface area contributed by atoms with Crippen molar-refractivity contribution >= 4 is 40.1 Å². The van der Waals surface area contributed by atoms with Crippen molar-refractivity contribution in [3.8, 4) is 0 Å². The van der Waals surface area contributed by atoms with Gasteiger partial charge in [0.05, 0.1) is 5.75 Å². The van der Waals surface area contributed by atoms with E-state index in [4.69, 9.17) is 0 Å². The van der Waals surface area contributed by atoms with E-state index in [0.29, 0.717) is 16.9 Å². The smallest absolute Gasteiger partial charge is 0.191 e. The van der Waals surface area contributed by atoms with E-state index in [9.17, 15) is 9.00 Å². The predicted octanol–water partition coefficient (Wildman–Crippen LogP) is 3.19. The summed E-state index contributed by atoms with van der Waals surface area (Å²) in [5.74, 6) is 0.287. The summed E-state index contributed by atoms with van der Waals surface area (Å²) in [4.78, 5) is 12.4. The van der Waals surface area contributed by atoms with Crippen molar-refractivity contribution in [1.29, 1.82) is 0 Å². The predicted molar refractivity (Wildman–Crippen MR) is 83.8 cm³/mol. The summed E-state index contributed by atoms with van der Waals surface area (Å²) in [6.07, 6.45) is 5.49. The number of rotatable bonds is 6. The van der Waals surface area contributed by atoms with Gasteiger partial charge in [-0.25, -0.2) is 0 Å². The molecule has 0 N–H and O–H groups in total. The van der Waals surface area contributed by atoms with Gasteiger partial charge >= 0.3 is 0 Å². The molecule has 1 rings (SSSR count). The van der Waals surface area contributed by atoms with Crippen LogP contribution in [0.25, 0.3) is 0 Å². The number of ketones is 1. The molecule has 1 aromatic rings.